The Morgan fingerprint density at radius 3 is 2.52 bits per heavy atom. The van der Waals surface area contributed by atoms with Gasteiger partial charge in [0.15, 0.2) is 0 Å². The van der Waals surface area contributed by atoms with Crippen LogP contribution in [0.3, 0.4) is 0 Å². The molecule has 10 heteroatoms. The largest absolute Gasteiger partial charge is 0.480 e. The number of primary amides is 1. The molecule has 0 unspecified atom stereocenters. The number of amides is 2. The molecule has 0 spiro atoms. The van der Waals surface area contributed by atoms with E-state index in [1.54, 1.807) is 22.6 Å². The van der Waals surface area contributed by atoms with Crippen molar-refractivity contribution in [1.29, 1.82) is 0 Å². The molecule has 0 aliphatic carbocycles. The molecule has 4 N–H and O–H groups in total. The van der Waals surface area contributed by atoms with Crippen molar-refractivity contribution in [2.45, 2.75) is 12.5 Å². The lowest BCUT2D eigenvalue weighted by molar-refractivity contribution is -0.384. The fourth-order valence-electron chi connectivity index (χ4n) is 1.44. The van der Waals surface area contributed by atoms with Gasteiger partial charge >= 0.3 is 5.97 Å². The van der Waals surface area contributed by atoms with Crippen molar-refractivity contribution in [3.8, 4) is 0 Å². The summed E-state index contributed by atoms with van der Waals surface area (Å²) in [6, 6.07) is 2.11. The summed E-state index contributed by atoms with van der Waals surface area (Å²) in [5.41, 5.74) is 4.54. The smallest absolute Gasteiger partial charge is 0.326 e. The predicted octanol–water partition coefficient (Wildman–Crippen LogP) is 0.258. The van der Waals surface area contributed by atoms with Gasteiger partial charge in [-0.3, -0.25) is 19.7 Å². The van der Waals surface area contributed by atoms with Crippen molar-refractivity contribution < 1.29 is 24.4 Å². The molecule has 0 saturated carbocycles. The summed E-state index contributed by atoms with van der Waals surface area (Å²) in [7, 11) is 0. The van der Waals surface area contributed by atoms with Crippen molar-refractivity contribution in [1.82, 2.24) is 5.32 Å². The van der Waals surface area contributed by atoms with E-state index in [0.29, 0.717) is 3.57 Å². The zero-order valence-electron chi connectivity index (χ0n) is 10.4. The molecular formula is C11H10IN3O6. The third-order valence-corrected chi connectivity index (χ3v) is 3.35. The standard InChI is InChI=1S/C11H10IN3O6/c12-7-2-1-5(15(20)21)3-6(7)10(17)14-8(11(18)19)4-9(13)16/h1-3,8H,4H2,(H2,13,16)(H,14,17)(H,18,19)/t8-/m1/s1. The minimum absolute atomic E-state index is 0.0551. The Balaban J connectivity index is 3.02. The van der Waals surface area contributed by atoms with Crippen LogP contribution in [0.25, 0.3) is 0 Å². The predicted molar refractivity (Wildman–Crippen MR) is 78.5 cm³/mol. The second kappa shape index (κ2) is 6.97. The molecule has 2 amide bonds. The van der Waals surface area contributed by atoms with Crippen LogP contribution in [0.2, 0.25) is 0 Å². The van der Waals surface area contributed by atoms with E-state index < -0.39 is 35.2 Å². The third kappa shape index (κ3) is 4.66. The molecule has 0 aromatic heterocycles. The van der Waals surface area contributed by atoms with Gasteiger partial charge in [0.25, 0.3) is 11.6 Å². The van der Waals surface area contributed by atoms with Gasteiger partial charge in [-0.15, -0.1) is 0 Å². The molecule has 0 radical (unpaired) electrons. The number of carboxylic acids is 1. The number of nitro benzene ring substituents is 1. The van der Waals surface area contributed by atoms with Crippen LogP contribution < -0.4 is 11.1 Å². The summed E-state index contributed by atoms with van der Waals surface area (Å²) in [5, 5.41) is 21.7. The van der Waals surface area contributed by atoms with E-state index >= 15 is 0 Å². The molecule has 1 atom stereocenters. The zero-order valence-corrected chi connectivity index (χ0v) is 12.6. The summed E-state index contributed by atoms with van der Waals surface area (Å²) in [4.78, 5) is 43.7. The lowest BCUT2D eigenvalue weighted by atomic mass is 10.1. The number of rotatable bonds is 6. The number of carbonyl (C=O) groups excluding carboxylic acids is 2. The number of nitrogens with one attached hydrogen (secondary N) is 1. The van der Waals surface area contributed by atoms with Crippen molar-refractivity contribution in [3.05, 3.63) is 37.4 Å². The second-order valence-electron chi connectivity index (χ2n) is 3.96. The number of carbonyl (C=O) groups is 3. The van der Waals surface area contributed by atoms with Crippen LogP contribution in [-0.2, 0) is 9.59 Å². The number of halogens is 1. The zero-order chi connectivity index (χ0) is 16.2. The Morgan fingerprint density at radius 2 is 2.05 bits per heavy atom. The molecule has 0 bridgehead atoms. The lowest BCUT2D eigenvalue weighted by Gasteiger charge is -2.13. The van der Waals surface area contributed by atoms with E-state index in [2.05, 4.69) is 5.32 Å². The van der Waals surface area contributed by atoms with E-state index in [0.717, 1.165) is 6.07 Å². The van der Waals surface area contributed by atoms with Gasteiger partial charge in [0, 0.05) is 15.7 Å². The topological polar surface area (TPSA) is 153 Å². The number of aliphatic carboxylic acids is 1. The molecule has 1 rings (SSSR count). The minimum atomic E-state index is -1.50. The molecule has 21 heavy (non-hydrogen) atoms. The number of carboxylic acid groups (broad SMARTS) is 1. The number of hydrogen-bond acceptors (Lipinski definition) is 5. The van der Waals surface area contributed by atoms with E-state index in [-0.39, 0.29) is 11.3 Å². The van der Waals surface area contributed by atoms with Crippen LogP contribution in [0.4, 0.5) is 5.69 Å². The number of hydrogen-bond donors (Lipinski definition) is 3. The van der Waals surface area contributed by atoms with Gasteiger partial charge in [0.1, 0.15) is 6.04 Å². The van der Waals surface area contributed by atoms with Gasteiger partial charge in [-0.05, 0) is 28.7 Å². The fourth-order valence-corrected chi connectivity index (χ4v) is 2.02. The molecule has 1 aromatic rings. The van der Waals surface area contributed by atoms with Gasteiger partial charge in [0.05, 0.1) is 16.9 Å². The minimum Gasteiger partial charge on any atom is -0.480 e. The highest BCUT2D eigenvalue weighted by Crippen LogP contribution is 2.19. The maximum Gasteiger partial charge on any atom is 0.326 e. The summed E-state index contributed by atoms with van der Waals surface area (Å²) in [6.07, 6.45) is -0.577. The average molecular weight is 407 g/mol. The molecule has 0 aliphatic heterocycles. The van der Waals surface area contributed by atoms with Gasteiger partial charge in [-0.1, -0.05) is 0 Å². The van der Waals surface area contributed by atoms with Gasteiger partial charge < -0.3 is 16.2 Å². The Bertz CT molecular complexity index is 618. The fraction of sp³-hybridized carbons (Fsp3) is 0.182. The van der Waals surface area contributed by atoms with E-state index in [4.69, 9.17) is 10.8 Å². The van der Waals surface area contributed by atoms with Crippen LogP contribution in [-0.4, -0.2) is 33.9 Å². The number of non-ortho nitro benzene ring substituents is 1. The van der Waals surface area contributed by atoms with E-state index in [1.807, 2.05) is 0 Å². The maximum absolute atomic E-state index is 12.0. The van der Waals surface area contributed by atoms with Gasteiger partial charge in [-0.25, -0.2) is 4.79 Å². The number of nitrogens with two attached hydrogens (primary N) is 1. The summed E-state index contributed by atoms with van der Waals surface area (Å²) in [5.74, 6) is -3.16. The summed E-state index contributed by atoms with van der Waals surface area (Å²) in [6.45, 7) is 0. The number of nitro groups is 1. The number of benzene rings is 1. The van der Waals surface area contributed by atoms with Crippen LogP contribution >= 0.6 is 22.6 Å². The molecule has 112 valence electrons. The average Bonchev–Trinajstić information content (AvgIpc) is 2.37. The number of nitrogens with zero attached hydrogens (tertiary/aromatic N) is 1. The third-order valence-electron chi connectivity index (χ3n) is 2.41. The molecule has 1 aromatic carbocycles. The first-order valence-corrected chi connectivity index (χ1v) is 6.56. The van der Waals surface area contributed by atoms with E-state index in [1.165, 1.54) is 12.1 Å². The molecule has 0 saturated heterocycles. The normalized spacial score (nSPS) is 11.5. The Labute approximate surface area is 131 Å². The Morgan fingerprint density at radius 1 is 1.43 bits per heavy atom. The molecule has 0 heterocycles. The van der Waals surface area contributed by atoms with Crippen LogP contribution in [0.5, 0.6) is 0 Å². The Kier molecular flexibility index (Phi) is 5.58. The highest BCUT2D eigenvalue weighted by atomic mass is 127. The second-order valence-corrected chi connectivity index (χ2v) is 5.12. The van der Waals surface area contributed by atoms with Gasteiger partial charge in [-0.2, -0.15) is 0 Å². The lowest BCUT2D eigenvalue weighted by Crippen LogP contribution is -2.43. The molecule has 9 nitrogen and oxygen atoms in total. The quantitative estimate of drug-likeness (QED) is 0.349. The first-order chi connectivity index (χ1) is 9.72. The first-order valence-electron chi connectivity index (χ1n) is 5.48. The monoisotopic (exact) mass is 407 g/mol. The first kappa shape index (κ1) is 16.8. The Hall–Kier alpha value is -2.24. The molecule has 0 aliphatic rings. The summed E-state index contributed by atoms with van der Waals surface area (Å²) >= 11 is 1.78. The van der Waals surface area contributed by atoms with Gasteiger partial charge in [0.2, 0.25) is 5.91 Å². The van der Waals surface area contributed by atoms with Crippen molar-refractivity contribution in [2.75, 3.05) is 0 Å². The van der Waals surface area contributed by atoms with Crippen molar-refractivity contribution in [2.24, 2.45) is 5.73 Å². The molecule has 0 fully saturated rings. The highest BCUT2D eigenvalue weighted by molar-refractivity contribution is 14.1. The summed E-state index contributed by atoms with van der Waals surface area (Å²) < 4.78 is 0.402. The maximum atomic E-state index is 12.0. The van der Waals surface area contributed by atoms with Crippen molar-refractivity contribution >= 4 is 46.1 Å². The van der Waals surface area contributed by atoms with Crippen LogP contribution in [0.1, 0.15) is 16.8 Å². The van der Waals surface area contributed by atoms with E-state index in [9.17, 15) is 24.5 Å². The van der Waals surface area contributed by atoms with Crippen molar-refractivity contribution in [3.63, 3.8) is 0 Å². The molecular weight excluding hydrogens is 397 g/mol. The SMILES string of the molecule is NC(=O)C[C@@H](NC(=O)c1cc([N+](=O)[O-])ccc1I)C(=O)O. The van der Waals surface area contributed by atoms with Crippen LogP contribution in [0, 0.1) is 13.7 Å². The highest BCUT2D eigenvalue weighted by Gasteiger charge is 2.24. The van der Waals surface area contributed by atoms with Crippen LogP contribution in [0.15, 0.2) is 18.2 Å².